The Hall–Kier alpha value is -9.89. The number of likely N-dealkylation sites (tertiary alicyclic amines) is 1. The van der Waals surface area contributed by atoms with E-state index in [4.69, 9.17) is 11.5 Å². The molecule has 94 heavy (non-hydrogen) atoms. The van der Waals surface area contributed by atoms with Crippen molar-refractivity contribution >= 4 is 93.7 Å². The molecule has 10 amide bonds. The van der Waals surface area contributed by atoms with Crippen LogP contribution in [0.5, 0.6) is 5.75 Å². The number of fused-ring (bicyclic) bond motifs is 1. The van der Waals surface area contributed by atoms with Crippen LogP contribution in [0.15, 0.2) is 79.8 Å². The maximum atomic E-state index is 14.9. The Balaban J connectivity index is 1.22. The summed E-state index contributed by atoms with van der Waals surface area (Å²) in [6.45, 7) is 2.34. The minimum atomic E-state index is -1.79. The molecule has 0 aliphatic carbocycles. The van der Waals surface area contributed by atoms with Gasteiger partial charge in [-0.05, 0) is 79.4 Å². The second-order valence-electron chi connectivity index (χ2n) is 22.8. The number of nitrogens with two attached hydrogens (primary N) is 2. The molecule has 11 atom stereocenters. The van der Waals surface area contributed by atoms with Crippen molar-refractivity contribution in [3.05, 3.63) is 102 Å². The lowest BCUT2D eigenvalue weighted by Gasteiger charge is -2.33. The molecule has 5 aromatic rings. The van der Waals surface area contributed by atoms with E-state index in [-0.39, 0.29) is 70.1 Å². The van der Waals surface area contributed by atoms with Crippen molar-refractivity contribution in [1.82, 2.24) is 72.4 Å². The van der Waals surface area contributed by atoms with Crippen LogP contribution in [0.1, 0.15) is 87.7 Å². The summed E-state index contributed by atoms with van der Waals surface area (Å²) in [5, 5.41) is 61.7. The number of primary amides is 1. The molecule has 0 bridgehead atoms. The fourth-order valence-electron chi connectivity index (χ4n) is 10.4. The largest absolute Gasteiger partial charge is 0.508 e. The molecule has 0 radical (unpaired) electrons. The summed E-state index contributed by atoms with van der Waals surface area (Å²) in [6, 6.07) is -1.87. The summed E-state index contributed by atoms with van der Waals surface area (Å²) >= 11 is 1.36. The number of nitrogens with one attached hydrogen (secondary N) is 11. The van der Waals surface area contributed by atoms with E-state index >= 15 is 0 Å². The number of aliphatic hydroxyl groups is 1. The van der Waals surface area contributed by atoms with Crippen molar-refractivity contribution in [3.8, 4) is 5.75 Å². The van der Waals surface area contributed by atoms with Crippen LogP contribution in [0.2, 0.25) is 0 Å². The predicted molar refractivity (Wildman–Crippen MR) is 339 cm³/mol. The van der Waals surface area contributed by atoms with Crippen LogP contribution in [0.3, 0.4) is 0 Å². The summed E-state index contributed by atoms with van der Waals surface area (Å²) < 4.78 is 0. The number of nitrogens with zero attached hydrogens (tertiary/aromatic N) is 3. The van der Waals surface area contributed by atoms with Crippen molar-refractivity contribution < 1.29 is 78.0 Å². The standard InChI is InChI=1S/C61H82N16O16S/c1-4-32(2)51(60(91)77-20-7-10-48(77)59(90)73-43(22-33-11-13-37(79)14-12-33)55(86)70-42(19-21-94-3)53(84)74-46(61(92)93)25-36-28-65-31-68-36)76-54(85)41(16-18-50(81)82)69-56(87)44(23-34-26-66-40-9-6-5-8-38(34)40)72-58(89)47(29-78)75-57(88)45(24-35-27-64-30-67-35)71-52(83)39(62)15-17-49(63)80/h5-6,8-9,11-14,26-28,30-32,39,41-48,51,66,78-79H,4,7,10,15-25,29,62H2,1-3H3,(H2,63,80)(H,64,67)(H,65,68)(H,69,87)(H,70,86)(H,71,83)(H,72,89)(H,73,90)(H,74,84)(H,75,88)(H,76,85)(H,81,82)(H,92,93)/t32-,39-,41-,42-,43-,44-,45-,46-,47-,48-,51-/m0/s1. The van der Waals surface area contributed by atoms with Crippen LogP contribution in [0.25, 0.3) is 10.9 Å². The highest BCUT2D eigenvalue weighted by atomic mass is 32.2. The van der Waals surface area contributed by atoms with E-state index in [1.54, 1.807) is 50.6 Å². The molecule has 1 fully saturated rings. The maximum absolute atomic E-state index is 14.9. The highest BCUT2D eigenvalue weighted by Gasteiger charge is 2.42. The number of thioether (sulfide) groups is 1. The van der Waals surface area contributed by atoms with Gasteiger partial charge in [0.2, 0.25) is 59.1 Å². The van der Waals surface area contributed by atoms with Crippen LogP contribution in [-0.4, -0.2) is 207 Å². The lowest BCUT2D eigenvalue weighted by molar-refractivity contribution is -0.144. The maximum Gasteiger partial charge on any atom is 0.326 e. The van der Waals surface area contributed by atoms with Gasteiger partial charge in [-0.15, -0.1) is 0 Å². The fourth-order valence-corrected chi connectivity index (χ4v) is 10.9. The quantitative estimate of drug-likeness (QED) is 0.0199. The Morgan fingerprint density at radius 3 is 1.78 bits per heavy atom. The number of carbonyl (C=O) groups is 12. The lowest BCUT2D eigenvalue weighted by atomic mass is 9.96. The fraction of sp³-hybridized carbons (Fsp3) is 0.475. The van der Waals surface area contributed by atoms with Crippen LogP contribution < -0.4 is 54.0 Å². The monoisotopic (exact) mass is 1330 g/mol. The number of phenols is 1. The first-order valence-electron chi connectivity index (χ1n) is 30.5. The molecular formula is C61H82N16O16S. The van der Waals surface area contributed by atoms with Gasteiger partial charge in [-0.1, -0.05) is 50.6 Å². The number of carboxylic acid groups (broad SMARTS) is 2. The topological polar surface area (TPSA) is 510 Å². The number of hydrogen-bond donors (Lipinski definition) is 17. The van der Waals surface area contributed by atoms with Gasteiger partial charge in [-0.3, -0.25) is 52.7 Å². The van der Waals surface area contributed by atoms with Gasteiger partial charge in [0.15, 0.2) is 0 Å². The molecular weight excluding hydrogens is 1240 g/mol. The number of para-hydroxylation sites is 1. The highest BCUT2D eigenvalue weighted by Crippen LogP contribution is 2.24. The van der Waals surface area contributed by atoms with Gasteiger partial charge in [0, 0.05) is 86.0 Å². The minimum Gasteiger partial charge on any atom is -0.508 e. The molecule has 0 saturated carbocycles. The number of carbonyl (C=O) groups excluding carboxylic acids is 10. The Kier molecular flexibility index (Phi) is 27.9. The van der Waals surface area contributed by atoms with Gasteiger partial charge in [0.05, 0.1) is 25.3 Å². The molecule has 1 saturated heterocycles. The second-order valence-corrected chi connectivity index (χ2v) is 23.8. The number of aliphatic carboxylic acids is 2. The van der Waals surface area contributed by atoms with Gasteiger partial charge in [0.1, 0.15) is 60.1 Å². The van der Waals surface area contributed by atoms with E-state index in [0.29, 0.717) is 45.6 Å². The number of phenolic OH excluding ortho intramolecular Hbond substituents is 1. The number of imidazole rings is 2. The average molecular weight is 1330 g/mol. The Labute approximate surface area is 543 Å². The van der Waals surface area contributed by atoms with Gasteiger partial charge < -0.3 is 94.3 Å². The third-order valence-electron chi connectivity index (χ3n) is 15.9. The number of aromatic hydroxyl groups is 1. The third kappa shape index (κ3) is 21.6. The number of aromatic nitrogens is 5. The Bertz CT molecular complexity index is 3420. The van der Waals surface area contributed by atoms with Gasteiger partial charge in [-0.25, -0.2) is 14.8 Å². The predicted octanol–water partition coefficient (Wildman–Crippen LogP) is -2.21. The first-order valence-corrected chi connectivity index (χ1v) is 31.9. The molecule has 32 nitrogen and oxygen atoms in total. The normalized spacial score (nSPS) is 16.1. The molecule has 33 heteroatoms. The number of rotatable bonds is 38. The number of benzene rings is 2. The van der Waals surface area contributed by atoms with Crippen LogP contribution >= 0.6 is 11.8 Å². The zero-order valence-corrected chi connectivity index (χ0v) is 52.9. The van der Waals surface area contributed by atoms with E-state index in [2.05, 4.69) is 67.5 Å². The molecule has 4 heterocycles. The molecule has 2 aromatic carbocycles. The number of H-pyrrole nitrogens is 3. The van der Waals surface area contributed by atoms with E-state index in [9.17, 15) is 78.0 Å². The molecule has 0 unspecified atom stereocenters. The molecule has 19 N–H and O–H groups in total. The molecule has 508 valence electrons. The average Bonchev–Trinajstić information content (AvgIpc) is 1.59. The smallest absolute Gasteiger partial charge is 0.326 e. The molecule has 1 aliphatic rings. The Morgan fingerprint density at radius 1 is 0.649 bits per heavy atom. The van der Waals surface area contributed by atoms with Crippen molar-refractivity contribution in [2.45, 2.75) is 151 Å². The zero-order valence-electron chi connectivity index (χ0n) is 52.1. The van der Waals surface area contributed by atoms with E-state index in [1.165, 1.54) is 66.0 Å². The summed E-state index contributed by atoms with van der Waals surface area (Å²) in [4.78, 5) is 182. The van der Waals surface area contributed by atoms with Crippen molar-refractivity contribution in [2.75, 3.05) is 25.2 Å². The number of aromatic amines is 3. The molecule has 1 aliphatic heterocycles. The number of amides is 10. The minimum absolute atomic E-state index is 0.00454. The summed E-state index contributed by atoms with van der Waals surface area (Å²) in [6.07, 6.45) is 7.03. The van der Waals surface area contributed by atoms with Crippen LogP contribution in [0, 0.1) is 5.92 Å². The Morgan fingerprint density at radius 2 is 1.19 bits per heavy atom. The van der Waals surface area contributed by atoms with Gasteiger partial charge in [-0.2, -0.15) is 11.8 Å². The molecule has 0 spiro atoms. The van der Waals surface area contributed by atoms with Crippen molar-refractivity contribution in [1.29, 1.82) is 0 Å². The number of carboxylic acids is 2. The second kappa shape index (κ2) is 35.8. The first kappa shape index (κ1) is 73.2. The van der Waals surface area contributed by atoms with Crippen molar-refractivity contribution in [2.24, 2.45) is 17.4 Å². The van der Waals surface area contributed by atoms with Crippen LogP contribution in [-0.2, 0) is 83.2 Å². The van der Waals surface area contributed by atoms with Crippen LogP contribution in [0.4, 0.5) is 0 Å². The van der Waals surface area contributed by atoms with E-state index in [1.807, 2.05) is 0 Å². The first-order chi connectivity index (χ1) is 44.9. The number of hydrogen-bond acceptors (Lipinski definition) is 18. The van der Waals surface area contributed by atoms with Gasteiger partial charge >= 0.3 is 11.9 Å². The molecule has 6 rings (SSSR count). The van der Waals surface area contributed by atoms with Crippen molar-refractivity contribution in [3.63, 3.8) is 0 Å². The summed E-state index contributed by atoms with van der Waals surface area (Å²) in [7, 11) is 0. The lowest BCUT2D eigenvalue weighted by Crippen LogP contribution is -2.62. The third-order valence-corrected chi connectivity index (χ3v) is 16.6. The van der Waals surface area contributed by atoms with Gasteiger partial charge in [0.25, 0.3) is 0 Å². The summed E-state index contributed by atoms with van der Waals surface area (Å²) in [5.41, 5.74) is 13.6. The molecule has 3 aromatic heterocycles. The zero-order chi connectivity index (χ0) is 68.6. The highest BCUT2D eigenvalue weighted by molar-refractivity contribution is 7.98. The number of aliphatic hydroxyl groups excluding tert-OH is 1. The summed E-state index contributed by atoms with van der Waals surface area (Å²) in [5.74, 6) is -12.0. The van der Waals surface area contributed by atoms with E-state index in [0.717, 1.165) is 0 Å². The SMILES string of the molecule is CC[C@H](C)[C@H](NC(=O)[C@H](CCC(=O)O)NC(=O)[C@H](Cc1c[nH]c2ccccc12)NC(=O)[C@H](CO)NC(=O)[C@H](Cc1cnc[nH]1)NC(=O)[C@@H](N)CCC(N)=O)C(=O)N1CCC[C@H]1C(=O)N[C@@H](Cc1ccc(O)cc1)C(=O)N[C@@H](CCSC)C(=O)N[C@@H](Cc1cnc[nH]1)C(=O)O. The van der Waals surface area contributed by atoms with E-state index < -0.39 is 157 Å².